The third-order valence-corrected chi connectivity index (χ3v) is 2.65. The number of benzene rings is 1. The number of primary amides is 1. The standard InChI is InChI=1S/C13H20N2O/c1-13(2,9-12(15)16)8-11(14)10-6-4-3-5-7-10/h3-7,11H,8-9,14H2,1-2H3,(H2,15,16). The zero-order valence-electron chi connectivity index (χ0n) is 9.94. The van der Waals surface area contributed by atoms with Crippen LogP contribution in [0.5, 0.6) is 0 Å². The van der Waals surface area contributed by atoms with Crippen molar-refractivity contribution < 1.29 is 4.79 Å². The van der Waals surface area contributed by atoms with Crippen LogP contribution in [0, 0.1) is 5.41 Å². The number of carbonyl (C=O) groups excluding carboxylic acids is 1. The van der Waals surface area contributed by atoms with E-state index in [1.54, 1.807) is 0 Å². The van der Waals surface area contributed by atoms with Crippen LogP contribution in [0.2, 0.25) is 0 Å². The van der Waals surface area contributed by atoms with Gasteiger partial charge in [-0.15, -0.1) is 0 Å². The Kier molecular flexibility index (Phi) is 4.07. The molecule has 3 heteroatoms. The highest BCUT2D eigenvalue weighted by atomic mass is 16.1. The Balaban J connectivity index is 2.64. The van der Waals surface area contributed by atoms with Gasteiger partial charge in [0, 0.05) is 12.5 Å². The molecule has 1 unspecified atom stereocenters. The van der Waals surface area contributed by atoms with Crippen molar-refractivity contribution in [2.45, 2.75) is 32.7 Å². The van der Waals surface area contributed by atoms with E-state index < -0.39 is 0 Å². The number of nitrogens with two attached hydrogens (primary N) is 2. The third kappa shape index (κ3) is 4.03. The van der Waals surface area contributed by atoms with Crippen LogP contribution in [-0.4, -0.2) is 5.91 Å². The van der Waals surface area contributed by atoms with Crippen LogP contribution in [0.3, 0.4) is 0 Å². The fourth-order valence-electron chi connectivity index (χ4n) is 1.96. The summed E-state index contributed by atoms with van der Waals surface area (Å²) in [5, 5.41) is 0. The fraction of sp³-hybridized carbons (Fsp3) is 0.462. The molecule has 1 aromatic carbocycles. The molecule has 0 aliphatic carbocycles. The summed E-state index contributed by atoms with van der Waals surface area (Å²) >= 11 is 0. The van der Waals surface area contributed by atoms with Gasteiger partial charge in [-0.25, -0.2) is 0 Å². The molecule has 16 heavy (non-hydrogen) atoms. The first-order valence-electron chi connectivity index (χ1n) is 5.49. The molecule has 0 spiro atoms. The number of hydrogen-bond donors (Lipinski definition) is 2. The van der Waals surface area contributed by atoms with Gasteiger partial charge in [0.2, 0.25) is 5.91 Å². The molecule has 0 aromatic heterocycles. The molecular weight excluding hydrogens is 200 g/mol. The van der Waals surface area contributed by atoms with Crippen LogP contribution < -0.4 is 11.5 Å². The Morgan fingerprint density at radius 3 is 2.38 bits per heavy atom. The predicted molar refractivity (Wildman–Crippen MR) is 65.6 cm³/mol. The SMILES string of the molecule is CC(C)(CC(N)=O)CC(N)c1ccccc1. The maximum Gasteiger partial charge on any atom is 0.217 e. The topological polar surface area (TPSA) is 69.1 Å². The van der Waals surface area contributed by atoms with Gasteiger partial charge in [-0.3, -0.25) is 4.79 Å². The third-order valence-electron chi connectivity index (χ3n) is 2.65. The minimum Gasteiger partial charge on any atom is -0.370 e. The van der Waals surface area contributed by atoms with Crippen LogP contribution in [0.15, 0.2) is 30.3 Å². The minimum atomic E-state index is -0.273. The van der Waals surface area contributed by atoms with Gasteiger partial charge in [0.05, 0.1) is 0 Å². The monoisotopic (exact) mass is 220 g/mol. The Morgan fingerprint density at radius 2 is 1.88 bits per heavy atom. The van der Waals surface area contributed by atoms with E-state index >= 15 is 0 Å². The Hall–Kier alpha value is -1.35. The van der Waals surface area contributed by atoms with Crippen molar-refractivity contribution in [1.82, 2.24) is 0 Å². The van der Waals surface area contributed by atoms with Gasteiger partial charge in [0.15, 0.2) is 0 Å². The van der Waals surface area contributed by atoms with Crippen molar-refractivity contribution in [3.63, 3.8) is 0 Å². The molecular formula is C13H20N2O. The molecule has 0 heterocycles. The van der Waals surface area contributed by atoms with Crippen molar-refractivity contribution >= 4 is 5.91 Å². The summed E-state index contributed by atoms with van der Waals surface area (Å²) in [6, 6.07) is 9.86. The number of hydrogen-bond acceptors (Lipinski definition) is 2. The molecule has 3 nitrogen and oxygen atoms in total. The van der Waals surface area contributed by atoms with Gasteiger partial charge >= 0.3 is 0 Å². The lowest BCUT2D eigenvalue weighted by Crippen LogP contribution is -2.27. The van der Waals surface area contributed by atoms with E-state index in [2.05, 4.69) is 0 Å². The summed E-state index contributed by atoms with van der Waals surface area (Å²) < 4.78 is 0. The Morgan fingerprint density at radius 1 is 1.31 bits per heavy atom. The second kappa shape index (κ2) is 5.12. The fourth-order valence-corrected chi connectivity index (χ4v) is 1.96. The van der Waals surface area contributed by atoms with Crippen LogP contribution in [0.1, 0.15) is 38.3 Å². The molecule has 1 atom stereocenters. The molecule has 0 radical (unpaired) electrons. The maximum absolute atomic E-state index is 10.9. The molecule has 0 fully saturated rings. The zero-order valence-corrected chi connectivity index (χ0v) is 9.94. The molecule has 1 amide bonds. The lowest BCUT2D eigenvalue weighted by Gasteiger charge is -2.26. The second-order valence-electron chi connectivity index (χ2n) is 5.03. The summed E-state index contributed by atoms with van der Waals surface area (Å²) in [7, 11) is 0. The highest BCUT2D eigenvalue weighted by Crippen LogP contribution is 2.31. The lowest BCUT2D eigenvalue weighted by molar-refractivity contribution is -0.120. The predicted octanol–water partition coefficient (Wildman–Crippen LogP) is 1.98. The molecule has 0 saturated carbocycles. The van der Waals surface area contributed by atoms with Gasteiger partial charge in [-0.2, -0.15) is 0 Å². The molecule has 0 bridgehead atoms. The number of rotatable bonds is 5. The highest BCUT2D eigenvalue weighted by Gasteiger charge is 2.24. The largest absolute Gasteiger partial charge is 0.370 e. The van der Waals surface area contributed by atoms with Crippen molar-refractivity contribution in [2.75, 3.05) is 0 Å². The van der Waals surface area contributed by atoms with Crippen LogP contribution >= 0.6 is 0 Å². The number of carbonyl (C=O) groups is 1. The molecule has 88 valence electrons. The van der Waals surface area contributed by atoms with Crippen LogP contribution in [-0.2, 0) is 4.79 Å². The number of amides is 1. The van der Waals surface area contributed by atoms with E-state index in [4.69, 9.17) is 11.5 Å². The average molecular weight is 220 g/mol. The van der Waals surface area contributed by atoms with E-state index in [1.807, 2.05) is 44.2 Å². The van der Waals surface area contributed by atoms with E-state index in [9.17, 15) is 4.79 Å². The highest BCUT2D eigenvalue weighted by molar-refractivity contribution is 5.74. The Labute approximate surface area is 96.8 Å². The van der Waals surface area contributed by atoms with Crippen molar-refractivity contribution in [2.24, 2.45) is 16.9 Å². The van der Waals surface area contributed by atoms with Crippen LogP contribution in [0.4, 0.5) is 0 Å². The van der Waals surface area contributed by atoms with Gasteiger partial charge in [-0.1, -0.05) is 44.2 Å². The van der Waals surface area contributed by atoms with Crippen molar-refractivity contribution in [1.29, 1.82) is 0 Å². The van der Waals surface area contributed by atoms with E-state index in [0.717, 1.165) is 12.0 Å². The molecule has 1 rings (SSSR count). The second-order valence-corrected chi connectivity index (χ2v) is 5.03. The van der Waals surface area contributed by atoms with Crippen LogP contribution in [0.25, 0.3) is 0 Å². The first kappa shape index (κ1) is 12.7. The first-order chi connectivity index (χ1) is 7.41. The summed E-state index contributed by atoms with van der Waals surface area (Å²) in [4.78, 5) is 10.9. The first-order valence-corrected chi connectivity index (χ1v) is 5.49. The summed E-state index contributed by atoms with van der Waals surface area (Å²) in [6.07, 6.45) is 1.12. The van der Waals surface area contributed by atoms with Crippen molar-refractivity contribution in [3.05, 3.63) is 35.9 Å². The van der Waals surface area contributed by atoms with Gasteiger partial charge < -0.3 is 11.5 Å². The summed E-state index contributed by atoms with van der Waals surface area (Å²) in [5.41, 5.74) is 12.3. The smallest absolute Gasteiger partial charge is 0.217 e. The van der Waals surface area contributed by atoms with E-state index in [1.165, 1.54) is 0 Å². The minimum absolute atomic E-state index is 0.0458. The average Bonchev–Trinajstić information content (AvgIpc) is 2.16. The molecule has 0 aliphatic rings. The molecule has 0 saturated heterocycles. The molecule has 1 aromatic rings. The maximum atomic E-state index is 10.9. The van der Waals surface area contributed by atoms with Crippen molar-refractivity contribution in [3.8, 4) is 0 Å². The van der Waals surface area contributed by atoms with E-state index in [0.29, 0.717) is 6.42 Å². The van der Waals surface area contributed by atoms with Gasteiger partial charge in [0.1, 0.15) is 0 Å². The Bertz CT molecular complexity index is 346. The summed E-state index contributed by atoms with van der Waals surface area (Å²) in [5.74, 6) is -0.273. The summed E-state index contributed by atoms with van der Waals surface area (Å²) in [6.45, 7) is 4.03. The lowest BCUT2D eigenvalue weighted by atomic mass is 9.81. The quantitative estimate of drug-likeness (QED) is 0.796. The van der Waals surface area contributed by atoms with Gasteiger partial charge in [0.25, 0.3) is 0 Å². The van der Waals surface area contributed by atoms with E-state index in [-0.39, 0.29) is 17.4 Å². The molecule has 0 aliphatic heterocycles. The molecule has 4 N–H and O–H groups in total. The zero-order chi connectivity index (χ0) is 12.2. The normalized spacial score (nSPS) is 13.4. The van der Waals surface area contributed by atoms with Gasteiger partial charge in [-0.05, 0) is 17.4 Å².